The van der Waals surface area contributed by atoms with Gasteiger partial charge in [-0.1, -0.05) is 170 Å². The molecular formula is C56H37NO. The molecule has 0 aliphatic carbocycles. The molecule has 0 N–H and O–H groups in total. The van der Waals surface area contributed by atoms with E-state index in [1.54, 1.807) is 0 Å². The average molecular weight is 740 g/mol. The molecule has 2 heteroatoms. The van der Waals surface area contributed by atoms with Crippen molar-refractivity contribution in [3.63, 3.8) is 0 Å². The van der Waals surface area contributed by atoms with Gasteiger partial charge in [-0.15, -0.1) is 0 Å². The molecule has 0 aliphatic heterocycles. The summed E-state index contributed by atoms with van der Waals surface area (Å²) in [6, 6.07) is 80.6. The van der Waals surface area contributed by atoms with E-state index in [0.29, 0.717) is 0 Å². The normalized spacial score (nSPS) is 11.4. The topological polar surface area (TPSA) is 16.4 Å². The maximum atomic E-state index is 6.34. The molecule has 0 unspecified atom stereocenters. The Morgan fingerprint density at radius 3 is 1.41 bits per heavy atom. The molecule has 11 aromatic rings. The van der Waals surface area contributed by atoms with Crippen LogP contribution in [0.2, 0.25) is 0 Å². The van der Waals surface area contributed by atoms with E-state index in [1.807, 2.05) is 18.2 Å². The summed E-state index contributed by atoms with van der Waals surface area (Å²) in [4.78, 5) is 2.35. The molecule has 0 bridgehead atoms. The quantitative estimate of drug-likeness (QED) is 0.151. The van der Waals surface area contributed by atoms with E-state index < -0.39 is 0 Å². The third-order valence-corrected chi connectivity index (χ3v) is 11.5. The summed E-state index contributed by atoms with van der Waals surface area (Å²) in [6.45, 7) is 0. The molecule has 1 aromatic heterocycles. The Morgan fingerprint density at radius 2 is 0.741 bits per heavy atom. The first-order valence-electron chi connectivity index (χ1n) is 19.8. The lowest BCUT2D eigenvalue weighted by atomic mass is 9.93. The van der Waals surface area contributed by atoms with Gasteiger partial charge in [-0.05, 0) is 120 Å². The molecule has 0 saturated carbocycles. The first-order valence-corrected chi connectivity index (χ1v) is 19.8. The molecule has 0 saturated heterocycles. The highest BCUT2D eigenvalue weighted by molar-refractivity contribution is 6.13. The fourth-order valence-corrected chi connectivity index (χ4v) is 8.65. The lowest BCUT2D eigenvalue weighted by Gasteiger charge is -2.26. The first kappa shape index (κ1) is 33.6. The fraction of sp³-hybridized carbons (Fsp3) is 0. The summed E-state index contributed by atoms with van der Waals surface area (Å²) < 4.78 is 6.34. The molecular weight excluding hydrogens is 703 g/mol. The second-order valence-corrected chi connectivity index (χ2v) is 14.9. The smallest absolute Gasteiger partial charge is 0.136 e. The SMILES string of the molecule is c1ccc(-c2cc3ccccc3o2)c(-c2ccc(N(c3ccc(-c4cccc5ccccc45)cc3)c3ccc(-c4cc5ccccc5c5ccccc45)cc3)cc2)c1. The van der Waals surface area contributed by atoms with Gasteiger partial charge in [0, 0.05) is 28.0 Å². The largest absolute Gasteiger partial charge is 0.456 e. The predicted molar refractivity (Wildman–Crippen MR) is 245 cm³/mol. The van der Waals surface area contributed by atoms with E-state index in [9.17, 15) is 0 Å². The standard InChI is InChI=1S/C56H37NO/c1-4-16-47-38(12-1)15-11-22-48(47)39-24-30-44(31-25-39)57(46-34-28-41(29-35-46)54-36-42-13-2-5-18-50(42)51-19-7-8-20-52(51)54)45-32-26-40(27-33-45)49-17-6-9-21-53(49)56-37-43-14-3-10-23-55(43)58-56/h1-37H. The molecule has 272 valence electrons. The Morgan fingerprint density at radius 1 is 0.276 bits per heavy atom. The first-order chi connectivity index (χ1) is 28.7. The Kier molecular flexibility index (Phi) is 8.19. The van der Waals surface area contributed by atoms with Crippen LogP contribution in [0, 0.1) is 0 Å². The van der Waals surface area contributed by atoms with E-state index in [0.717, 1.165) is 50.5 Å². The number of furan rings is 1. The Bertz CT molecular complexity index is 3230. The van der Waals surface area contributed by atoms with Crippen LogP contribution in [0.1, 0.15) is 0 Å². The van der Waals surface area contributed by atoms with Crippen molar-refractivity contribution in [3.05, 3.63) is 224 Å². The third kappa shape index (κ3) is 5.91. The van der Waals surface area contributed by atoms with Crippen molar-refractivity contribution in [3.8, 4) is 44.7 Å². The lowest BCUT2D eigenvalue weighted by Crippen LogP contribution is -2.09. The highest BCUT2D eigenvalue weighted by Crippen LogP contribution is 2.42. The minimum atomic E-state index is 0.869. The van der Waals surface area contributed by atoms with Gasteiger partial charge in [0.1, 0.15) is 11.3 Å². The van der Waals surface area contributed by atoms with E-state index in [4.69, 9.17) is 4.42 Å². The average Bonchev–Trinajstić information content (AvgIpc) is 3.74. The van der Waals surface area contributed by atoms with Crippen molar-refractivity contribution in [2.24, 2.45) is 0 Å². The maximum absolute atomic E-state index is 6.34. The summed E-state index contributed by atoms with van der Waals surface area (Å²) in [7, 11) is 0. The van der Waals surface area contributed by atoms with Gasteiger partial charge < -0.3 is 9.32 Å². The summed E-state index contributed by atoms with van der Waals surface area (Å²) in [5.74, 6) is 0.869. The number of para-hydroxylation sites is 1. The number of fused-ring (bicyclic) bond motifs is 5. The predicted octanol–water partition coefficient (Wildman–Crippen LogP) is 16.0. The van der Waals surface area contributed by atoms with Gasteiger partial charge >= 0.3 is 0 Å². The van der Waals surface area contributed by atoms with E-state index >= 15 is 0 Å². The molecule has 0 fully saturated rings. The number of hydrogen-bond acceptors (Lipinski definition) is 2. The molecule has 11 rings (SSSR count). The van der Waals surface area contributed by atoms with Gasteiger partial charge in [0.2, 0.25) is 0 Å². The van der Waals surface area contributed by atoms with Gasteiger partial charge in [-0.25, -0.2) is 0 Å². The van der Waals surface area contributed by atoms with E-state index in [-0.39, 0.29) is 0 Å². The molecule has 0 amide bonds. The summed E-state index contributed by atoms with van der Waals surface area (Å²) >= 11 is 0. The van der Waals surface area contributed by atoms with Crippen LogP contribution in [0.15, 0.2) is 229 Å². The Balaban J connectivity index is 1.00. The van der Waals surface area contributed by atoms with E-state index in [1.165, 1.54) is 54.6 Å². The van der Waals surface area contributed by atoms with Crippen LogP contribution < -0.4 is 4.90 Å². The van der Waals surface area contributed by atoms with Gasteiger partial charge in [0.05, 0.1) is 0 Å². The molecule has 0 spiro atoms. The molecule has 0 aliphatic rings. The zero-order chi connectivity index (χ0) is 38.4. The van der Waals surface area contributed by atoms with Gasteiger partial charge in [0.15, 0.2) is 0 Å². The van der Waals surface area contributed by atoms with Crippen LogP contribution in [0.4, 0.5) is 17.1 Å². The van der Waals surface area contributed by atoms with E-state index in [2.05, 4.69) is 211 Å². The molecule has 10 aromatic carbocycles. The van der Waals surface area contributed by atoms with Crippen molar-refractivity contribution in [1.82, 2.24) is 0 Å². The minimum Gasteiger partial charge on any atom is -0.456 e. The molecule has 0 atom stereocenters. The number of hydrogen-bond donors (Lipinski definition) is 0. The van der Waals surface area contributed by atoms with Crippen LogP contribution in [0.25, 0.3) is 88.0 Å². The monoisotopic (exact) mass is 739 g/mol. The Labute approximate surface area is 337 Å². The molecule has 0 radical (unpaired) electrons. The van der Waals surface area contributed by atoms with Crippen LogP contribution in [-0.4, -0.2) is 0 Å². The van der Waals surface area contributed by atoms with Gasteiger partial charge in [0.25, 0.3) is 0 Å². The third-order valence-electron chi connectivity index (χ3n) is 11.5. The maximum Gasteiger partial charge on any atom is 0.136 e. The van der Waals surface area contributed by atoms with Gasteiger partial charge in [-0.2, -0.15) is 0 Å². The number of anilines is 3. The summed E-state index contributed by atoms with van der Waals surface area (Å²) in [5.41, 5.74) is 12.3. The van der Waals surface area contributed by atoms with Crippen LogP contribution in [-0.2, 0) is 0 Å². The van der Waals surface area contributed by atoms with Crippen molar-refractivity contribution >= 4 is 60.3 Å². The second kappa shape index (κ2) is 14.1. The fourth-order valence-electron chi connectivity index (χ4n) is 8.65. The summed E-state index contributed by atoms with van der Waals surface area (Å²) in [5, 5.41) is 8.65. The molecule has 2 nitrogen and oxygen atoms in total. The number of rotatable bonds is 7. The van der Waals surface area contributed by atoms with Gasteiger partial charge in [-0.3, -0.25) is 0 Å². The van der Waals surface area contributed by atoms with Crippen molar-refractivity contribution in [2.75, 3.05) is 4.90 Å². The van der Waals surface area contributed by atoms with Crippen LogP contribution >= 0.6 is 0 Å². The highest BCUT2D eigenvalue weighted by atomic mass is 16.3. The van der Waals surface area contributed by atoms with Crippen LogP contribution in [0.5, 0.6) is 0 Å². The van der Waals surface area contributed by atoms with Crippen molar-refractivity contribution in [1.29, 1.82) is 0 Å². The zero-order valence-corrected chi connectivity index (χ0v) is 31.7. The molecule has 58 heavy (non-hydrogen) atoms. The number of nitrogens with zero attached hydrogens (tertiary/aromatic N) is 1. The lowest BCUT2D eigenvalue weighted by molar-refractivity contribution is 0.632. The Hall–Kier alpha value is -7.68. The number of benzene rings is 10. The zero-order valence-electron chi connectivity index (χ0n) is 31.7. The van der Waals surface area contributed by atoms with Crippen molar-refractivity contribution in [2.45, 2.75) is 0 Å². The highest BCUT2D eigenvalue weighted by Gasteiger charge is 2.17. The summed E-state index contributed by atoms with van der Waals surface area (Å²) in [6.07, 6.45) is 0. The molecule has 1 heterocycles. The van der Waals surface area contributed by atoms with Crippen molar-refractivity contribution < 1.29 is 4.42 Å². The minimum absolute atomic E-state index is 0.869. The second-order valence-electron chi connectivity index (χ2n) is 14.9. The van der Waals surface area contributed by atoms with Crippen LogP contribution in [0.3, 0.4) is 0 Å².